The van der Waals surface area contributed by atoms with E-state index >= 15 is 0 Å². The van der Waals surface area contributed by atoms with Gasteiger partial charge in [0.15, 0.2) is 5.79 Å². The van der Waals surface area contributed by atoms with Gasteiger partial charge in [0.2, 0.25) is 0 Å². The summed E-state index contributed by atoms with van der Waals surface area (Å²) in [5.41, 5.74) is 0.971. The van der Waals surface area contributed by atoms with Crippen molar-refractivity contribution in [2.75, 3.05) is 18.5 Å². The quantitative estimate of drug-likeness (QED) is 0.932. The predicted molar refractivity (Wildman–Crippen MR) is 70.1 cm³/mol. The Morgan fingerprint density at radius 2 is 2.29 bits per heavy atom. The number of rotatable bonds is 3. The van der Waals surface area contributed by atoms with Crippen molar-refractivity contribution >= 4 is 21.7 Å². The molecule has 1 fully saturated rings. The molecular formula is C12H17BrN2O2. The van der Waals surface area contributed by atoms with Gasteiger partial charge in [-0.05, 0) is 48.8 Å². The molecule has 1 aromatic heterocycles. The molecule has 94 valence electrons. The second-order valence-corrected chi connectivity index (χ2v) is 5.45. The molecule has 2 heterocycles. The zero-order valence-electron chi connectivity index (χ0n) is 10.3. The first-order chi connectivity index (χ1) is 7.96. The molecule has 1 aliphatic heterocycles. The first-order valence-electron chi connectivity index (χ1n) is 5.65. The average Bonchev–Trinajstić information content (AvgIpc) is 2.60. The van der Waals surface area contributed by atoms with Crippen LogP contribution in [0, 0.1) is 6.92 Å². The normalized spacial score (nSPS) is 22.7. The zero-order chi connectivity index (χ0) is 12.5. The Bertz CT molecular complexity index is 409. The van der Waals surface area contributed by atoms with E-state index < -0.39 is 5.79 Å². The number of nitrogens with one attached hydrogen (secondary N) is 1. The second-order valence-electron chi connectivity index (χ2n) is 4.60. The molecule has 5 heteroatoms. The molecule has 1 atom stereocenters. The highest BCUT2D eigenvalue weighted by atomic mass is 79.9. The Labute approximate surface area is 110 Å². The molecule has 1 N–H and O–H groups in total. The van der Waals surface area contributed by atoms with Crippen molar-refractivity contribution in [1.82, 2.24) is 4.98 Å². The van der Waals surface area contributed by atoms with E-state index in [9.17, 15) is 0 Å². The van der Waals surface area contributed by atoms with Gasteiger partial charge in [0.05, 0.1) is 12.3 Å². The van der Waals surface area contributed by atoms with Crippen LogP contribution in [0.25, 0.3) is 0 Å². The summed E-state index contributed by atoms with van der Waals surface area (Å²) in [5.74, 6) is 0.397. The van der Waals surface area contributed by atoms with E-state index in [2.05, 4.69) is 26.2 Å². The topological polar surface area (TPSA) is 43.4 Å². The lowest BCUT2D eigenvalue weighted by molar-refractivity contribution is -0.136. The van der Waals surface area contributed by atoms with Gasteiger partial charge in [-0.3, -0.25) is 0 Å². The van der Waals surface area contributed by atoms with Crippen LogP contribution in [-0.4, -0.2) is 30.0 Å². The van der Waals surface area contributed by atoms with Gasteiger partial charge in [-0.2, -0.15) is 0 Å². The number of nitrogens with zero attached hydrogens (tertiary/aromatic N) is 1. The van der Waals surface area contributed by atoms with Gasteiger partial charge in [-0.15, -0.1) is 0 Å². The lowest BCUT2D eigenvalue weighted by Crippen LogP contribution is -2.26. The summed E-state index contributed by atoms with van der Waals surface area (Å²) in [6.07, 6.45) is 0.0794. The van der Waals surface area contributed by atoms with E-state index in [4.69, 9.17) is 9.47 Å². The van der Waals surface area contributed by atoms with Crippen molar-refractivity contribution in [2.45, 2.75) is 32.7 Å². The minimum atomic E-state index is -0.463. The fourth-order valence-corrected chi connectivity index (χ4v) is 1.95. The van der Waals surface area contributed by atoms with Crippen molar-refractivity contribution in [2.24, 2.45) is 0 Å². The fraction of sp³-hybridized carbons (Fsp3) is 0.583. The summed E-state index contributed by atoms with van der Waals surface area (Å²) in [7, 11) is 0. The number of hydrogen-bond donors (Lipinski definition) is 1. The number of halogens is 1. The van der Waals surface area contributed by atoms with Crippen molar-refractivity contribution in [3.05, 3.63) is 22.3 Å². The molecule has 1 aromatic rings. The van der Waals surface area contributed by atoms with Crippen LogP contribution < -0.4 is 5.32 Å². The van der Waals surface area contributed by atoms with Crippen LogP contribution in [-0.2, 0) is 9.47 Å². The van der Waals surface area contributed by atoms with E-state index in [0.29, 0.717) is 13.2 Å². The second kappa shape index (κ2) is 4.92. The van der Waals surface area contributed by atoms with Crippen LogP contribution in [0.5, 0.6) is 0 Å². The third-order valence-electron chi connectivity index (χ3n) is 2.60. The van der Waals surface area contributed by atoms with Crippen LogP contribution in [0.3, 0.4) is 0 Å². The number of aromatic nitrogens is 1. The molecule has 1 saturated heterocycles. The highest BCUT2D eigenvalue weighted by Crippen LogP contribution is 2.22. The van der Waals surface area contributed by atoms with Crippen LogP contribution in [0.4, 0.5) is 5.82 Å². The standard InChI is InChI=1S/C12H17BrN2O2/c1-8-10(13)4-5-11(15-8)14-6-9-7-16-12(2,3)17-9/h4-5,9H,6-7H2,1-3H3,(H,14,15). The van der Waals surface area contributed by atoms with Gasteiger partial charge in [0.1, 0.15) is 11.9 Å². The number of anilines is 1. The summed E-state index contributed by atoms with van der Waals surface area (Å²) in [4.78, 5) is 4.42. The lowest BCUT2D eigenvalue weighted by atomic mass is 10.3. The highest BCUT2D eigenvalue weighted by Gasteiger charge is 2.32. The zero-order valence-corrected chi connectivity index (χ0v) is 11.9. The maximum absolute atomic E-state index is 5.70. The third-order valence-corrected chi connectivity index (χ3v) is 3.44. The van der Waals surface area contributed by atoms with E-state index in [-0.39, 0.29) is 6.10 Å². The Morgan fingerprint density at radius 1 is 1.53 bits per heavy atom. The summed E-state index contributed by atoms with van der Waals surface area (Å²) in [6.45, 7) is 7.14. The van der Waals surface area contributed by atoms with Crippen LogP contribution >= 0.6 is 15.9 Å². The average molecular weight is 301 g/mol. The Balaban J connectivity index is 1.88. The molecule has 2 rings (SSSR count). The molecular weight excluding hydrogens is 284 g/mol. The van der Waals surface area contributed by atoms with E-state index in [1.807, 2.05) is 32.9 Å². The van der Waals surface area contributed by atoms with Crippen LogP contribution in [0.15, 0.2) is 16.6 Å². The predicted octanol–water partition coefficient (Wildman–Crippen LogP) is 2.72. The highest BCUT2D eigenvalue weighted by molar-refractivity contribution is 9.10. The van der Waals surface area contributed by atoms with Gasteiger partial charge in [0, 0.05) is 11.0 Å². The molecule has 0 aromatic carbocycles. The maximum Gasteiger partial charge on any atom is 0.163 e. The molecule has 4 nitrogen and oxygen atoms in total. The third kappa shape index (κ3) is 3.40. The molecule has 0 spiro atoms. The molecule has 1 aliphatic rings. The van der Waals surface area contributed by atoms with Gasteiger partial charge >= 0.3 is 0 Å². The molecule has 0 amide bonds. The Hall–Kier alpha value is -0.650. The van der Waals surface area contributed by atoms with Gasteiger partial charge < -0.3 is 14.8 Å². The van der Waals surface area contributed by atoms with Crippen molar-refractivity contribution in [3.63, 3.8) is 0 Å². The number of aryl methyl sites for hydroxylation is 1. The van der Waals surface area contributed by atoms with Gasteiger partial charge in [-0.1, -0.05) is 0 Å². The van der Waals surface area contributed by atoms with E-state index in [0.717, 1.165) is 16.0 Å². The van der Waals surface area contributed by atoms with Crippen molar-refractivity contribution < 1.29 is 9.47 Å². The monoisotopic (exact) mass is 300 g/mol. The SMILES string of the molecule is Cc1nc(NCC2COC(C)(C)O2)ccc1Br. The molecule has 0 saturated carbocycles. The van der Waals surface area contributed by atoms with Crippen molar-refractivity contribution in [3.8, 4) is 0 Å². The molecule has 0 aliphatic carbocycles. The smallest absolute Gasteiger partial charge is 0.163 e. The summed E-state index contributed by atoms with van der Waals surface area (Å²) < 4.78 is 12.2. The van der Waals surface area contributed by atoms with Gasteiger partial charge in [0.25, 0.3) is 0 Å². The molecule has 17 heavy (non-hydrogen) atoms. The van der Waals surface area contributed by atoms with Crippen LogP contribution in [0.2, 0.25) is 0 Å². The summed E-state index contributed by atoms with van der Waals surface area (Å²) in [5, 5.41) is 3.26. The fourth-order valence-electron chi connectivity index (χ4n) is 1.72. The van der Waals surface area contributed by atoms with Crippen molar-refractivity contribution in [1.29, 1.82) is 0 Å². The van der Waals surface area contributed by atoms with Gasteiger partial charge in [-0.25, -0.2) is 4.98 Å². The largest absolute Gasteiger partial charge is 0.367 e. The maximum atomic E-state index is 5.70. The Morgan fingerprint density at radius 3 is 2.88 bits per heavy atom. The first kappa shape index (κ1) is 12.8. The molecule has 0 bridgehead atoms. The first-order valence-corrected chi connectivity index (χ1v) is 6.44. The number of hydrogen-bond acceptors (Lipinski definition) is 4. The van der Waals surface area contributed by atoms with E-state index in [1.54, 1.807) is 0 Å². The molecule has 0 radical (unpaired) electrons. The number of pyridine rings is 1. The minimum absolute atomic E-state index is 0.0794. The lowest BCUT2D eigenvalue weighted by Gasteiger charge is -2.17. The van der Waals surface area contributed by atoms with E-state index in [1.165, 1.54) is 0 Å². The van der Waals surface area contributed by atoms with Crippen LogP contribution in [0.1, 0.15) is 19.5 Å². The molecule has 1 unspecified atom stereocenters. The summed E-state index contributed by atoms with van der Waals surface area (Å²) >= 11 is 3.43. The number of ether oxygens (including phenoxy) is 2. The Kier molecular flexibility index (Phi) is 3.70. The minimum Gasteiger partial charge on any atom is -0.367 e. The summed E-state index contributed by atoms with van der Waals surface area (Å²) in [6, 6.07) is 3.93.